The molecule has 14 heavy (non-hydrogen) atoms. The molecule has 2 rings (SSSR count). The molecule has 1 aliphatic rings. The minimum atomic E-state index is 0.669. The molecule has 0 radical (unpaired) electrons. The average molecular weight is 193 g/mol. The molecule has 0 amide bonds. The molecule has 1 aliphatic heterocycles. The normalized spacial score (nSPS) is 13.9. The summed E-state index contributed by atoms with van der Waals surface area (Å²) in [6, 6.07) is 4.12. The zero-order valence-corrected chi connectivity index (χ0v) is 8.59. The van der Waals surface area contributed by atoms with E-state index in [-0.39, 0.29) is 0 Å². The summed E-state index contributed by atoms with van der Waals surface area (Å²) in [5.41, 5.74) is 2.62. The molecule has 0 spiro atoms. The van der Waals surface area contributed by atoms with Gasteiger partial charge in [0.05, 0.1) is 13.7 Å². The van der Waals surface area contributed by atoms with Gasteiger partial charge < -0.3 is 14.8 Å². The number of methoxy groups -OCH3 is 1. The van der Waals surface area contributed by atoms with Crippen molar-refractivity contribution in [3.05, 3.63) is 23.3 Å². The van der Waals surface area contributed by atoms with Crippen molar-refractivity contribution >= 4 is 0 Å². The van der Waals surface area contributed by atoms with Crippen molar-refractivity contribution < 1.29 is 9.47 Å². The highest BCUT2D eigenvalue weighted by Crippen LogP contribution is 2.32. The van der Waals surface area contributed by atoms with Gasteiger partial charge in [0.1, 0.15) is 0 Å². The summed E-state index contributed by atoms with van der Waals surface area (Å²) in [5, 5.41) is 3.30. The summed E-state index contributed by atoms with van der Waals surface area (Å²) in [6.07, 6.45) is 0. The van der Waals surface area contributed by atoms with E-state index in [9.17, 15) is 0 Å². The molecule has 0 bridgehead atoms. The Morgan fingerprint density at radius 2 is 1.86 bits per heavy atom. The van der Waals surface area contributed by atoms with Crippen LogP contribution in [-0.2, 0) is 13.1 Å². The van der Waals surface area contributed by atoms with Crippen LogP contribution in [0.5, 0.6) is 11.5 Å². The Morgan fingerprint density at radius 1 is 1.21 bits per heavy atom. The first-order chi connectivity index (χ1) is 6.85. The molecule has 1 aromatic rings. The lowest BCUT2D eigenvalue weighted by atomic mass is 10.1. The summed E-state index contributed by atoms with van der Waals surface area (Å²) < 4.78 is 10.8. The van der Waals surface area contributed by atoms with Gasteiger partial charge >= 0.3 is 0 Å². The second-order valence-corrected chi connectivity index (χ2v) is 3.31. The zero-order valence-electron chi connectivity index (χ0n) is 8.59. The van der Waals surface area contributed by atoms with E-state index >= 15 is 0 Å². The maximum absolute atomic E-state index is 5.50. The first kappa shape index (κ1) is 9.34. The average Bonchev–Trinajstić information content (AvgIpc) is 2.64. The van der Waals surface area contributed by atoms with Crippen molar-refractivity contribution in [3.63, 3.8) is 0 Å². The molecule has 3 nitrogen and oxygen atoms in total. The molecule has 76 valence electrons. The molecule has 0 atom stereocenters. The SMILES string of the molecule is CCOc1cc2c(cc1OC)CNC2. The molecule has 0 aromatic heterocycles. The van der Waals surface area contributed by atoms with Gasteiger partial charge in [-0.2, -0.15) is 0 Å². The lowest BCUT2D eigenvalue weighted by Crippen LogP contribution is -1.99. The molecule has 1 heterocycles. The van der Waals surface area contributed by atoms with Crippen molar-refractivity contribution in [3.8, 4) is 11.5 Å². The van der Waals surface area contributed by atoms with E-state index in [1.807, 2.05) is 6.92 Å². The van der Waals surface area contributed by atoms with Crippen LogP contribution in [0.3, 0.4) is 0 Å². The Labute approximate surface area is 84.0 Å². The maximum Gasteiger partial charge on any atom is 0.161 e. The number of hydrogen-bond donors (Lipinski definition) is 1. The van der Waals surface area contributed by atoms with Crippen LogP contribution < -0.4 is 14.8 Å². The van der Waals surface area contributed by atoms with Gasteiger partial charge in [0.25, 0.3) is 0 Å². The largest absolute Gasteiger partial charge is 0.493 e. The van der Waals surface area contributed by atoms with Crippen LogP contribution in [0.1, 0.15) is 18.1 Å². The van der Waals surface area contributed by atoms with Gasteiger partial charge in [0.15, 0.2) is 11.5 Å². The van der Waals surface area contributed by atoms with Crippen molar-refractivity contribution in [1.82, 2.24) is 5.32 Å². The summed E-state index contributed by atoms with van der Waals surface area (Å²) in [6.45, 7) is 4.50. The Balaban J connectivity index is 2.38. The molecule has 0 aliphatic carbocycles. The van der Waals surface area contributed by atoms with Crippen molar-refractivity contribution in [2.75, 3.05) is 13.7 Å². The zero-order chi connectivity index (χ0) is 9.97. The Bertz CT molecular complexity index is 336. The Hall–Kier alpha value is -1.22. The fourth-order valence-corrected chi connectivity index (χ4v) is 1.73. The maximum atomic E-state index is 5.50. The predicted octanol–water partition coefficient (Wildman–Crippen LogP) is 1.70. The summed E-state index contributed by atoms with van der Waals surface area (Å²) in [7, 11) is 1.67. The Morgan fingerprint density at radius 3 is 2.43 bits per heavy atom. The van der Waals surface area contributed by atoms with Crippen molar-refractivity contribution in [2.45, 2.75) is 20.0 Å². The minimum absolute atomic E-state index is 0.669. The van der Waals surface area contributed by atoms with Gasteiger partial charge in [-0.25, -0.2) is 0 Å². The van der Waals surface area contributed by atoms with Crippen LogP contribution in [0, 0.1) is 0 Å². The van der Waals surface area contributed by atoms with Crippen LogP contribution in [0.2, 0.25) is 0 Å². The lowest BCUT2D eigenvalue weighted by molar-refractivity contribution is 0.310. The molecule has 0 unspecified atom stereocenters. The molecular weight excluding hydrogens is 178 g/mol. The van der Waals surface area contributed by atoms with Crippen LogP contribution in [0.25, 0.3) is 0 Å². The van der Waals surface area contributed by atoms with E-state index in [0.717, 1.165) is 24.6 Å². The third-order valence-corrected chi connectivity index (χ3v) is 2.42. The number of fused-ring (bicyclic) bond motifs is 1. The number of ether oxygens (including phenoxy) is 2. The Kier molecular flexibility index (Phi) is 2.59. The number of rotatable bonds is 3. The van der Waals surface area contributed by atoms with E-state index in [2.05, 4.69) is 17.4 Å². The molecule has 1 N–H and O–H groups in total. The molecular formula is C11H15NO2. The quantitative estimate of drug-likeness (QED) is 0.792. The smallest absolute Gasteiger partial charge is 0.161 e. The molecule has 0 saturated heterocycles. The van der Waals surface area contributed by atoms with Gasteiger partial charge in [-0.1, -0.05) is 0 Å². The van der Waals surface area contributed by atoms with E-state index in [4.69, 9.17) is 9.47 Å². The second-order valence-electron chi connectivity index (χ2n) is 3.31. The highest BCUT2D eigenvalue weighted by atomic mass is 16.5. The van der Waals surface area contributed by atoms with Crippen LogP contribution in [-0.4, -0.2) is 13.7 Å². The van der Waals surface area contributed by atoms with Crippen molar-refractivity contribution in [1.29, 1.82) is 0 Å². The first-order valence-electron chi connectivity index (χ1n) is 4.88. The van der Waals surface area contributed by atoms with Gasteiger partial charge in [0.2, 0.25) is 0 Å². The highest BCUT2D eigenvalue weighted by molar-refractivity contribution is 5.48. The van der Waals surface area contributed by atoms with Crippen molar-refractivity contribution in [2.24, 2.45) is 0 Å². The lowest BCUT2D eigenvalue weighted by Gasteiger charge is -2.10. The highest BCUT2D eigenvalue weighted by Gasteiger charge is 2.14. The number of nitrogens with one attached hydrogen (secondary N) is 1. The third kappa shape index (κ3) is 1.55. The second kappa shape index (κ2) is 3.88. The van der Waals surface area contributed by atoms with Gasteiger partial charge in [0, 0.05) is 13.1 Å². The number of hydrogen-bond acceptors (Lipinski definition) is 3. The topological polar surface area (TPSA) is 30.5 Å². The fraction of sp³-hybridized carbons (Fsp3) is 0.455. The molecule has 3 heteroatoms. The molecule has 1 aromatic carbocycles. The monoisotopic (exact) mass is 193 g/mol. The summed E-state index contributed by atoms with van der Waals surface area (Å²) in [5.74, 6) is 1.67. The standard InChI is InChI=1S/C11H15NO2/c1-3-14-11-5-9-7-12-6-8(9)4-10(11)13-2/h4-5,12H,3,6-7H2,1-2H3. The first-order valence-corrected chi connectivity index (χ1v) is 4.88. The van der Waals surface area contributed by atoms with E-state index in [1.54, 1.807) is 7.11 Å². The van der Waals surface area contributed by atoms with Crippen LogP contribution in [0.15, 0.2) is 12.1 Å². The minimum Gasteiger partial charge on any atom is -0.493 e. The molecule has 0 fully saturated rings. The van der Waals surface area contributed by atoms with E-state index in [1.165, 1.54) is 11.1 Å². The van der Waals surface area contributed by atoms with E-state index < -0.39 is 0 Å². The van der Waals surface area contributed by atoms with Gasteiger partial charge in [-0.3, -0.25) is 0 Å². The van der Waals surface area contributed by atoms with Gasteiger partial charge in [-0.05, 0) is 30.2 Å². The predicted molar refractivity (Wildman–Crippen MR) is 54.7 cm³/mol. The third-order valence-electron chi connectivity index (χ3n) is 2.42. The summed E-state index contributed by atoms with van der Waals surface area (Å²) in [4.78, 5) is 0. The summed E-state index contributed by atoms with van der Waals surface area (Å²) >= 11 is 0. The molecule has 0 saturated carbocycles. The van der Waals surface area contributed by atoms with E-state index in [0.29, 0.717) is 6.61 Å². The number of benzene rings is 1. The van der Waals surface area contributed by atoms with Crippen LogP contribution >= 0.6 is 0 Å². The van der Waals surface area contributed by atoms with Gasteiger partial charge in [-0.15, -0.1) is 0 Å². The fourth-order valence-electron chi connectivity index (χ4n) is 1.73. The van der Waals surface area contributed by atoms with Crippen LogP contribution in [0.4, 0.5) is 0 Å².